The molecule has 0 fully saturated rings. The Hall–Kier alpha value is -2.82. The van der Waals surface area contributed by atoms with Crippen molar-refractivity contribution in [3.8, 4) is 0 Å². The molecule has 1 unspecified atom stereocenters. The summed E-state index contributed by atoms with van der Waals surface area (Å²) in [6, 6.07) is 24.6. The Morgan fingerprint density at radius 1 is 0.963 bits per heavy atom. The van der Waals surface area contributed by atoms with Crippen LogP contribution >= 0.6 is 11.8 Å². The van der Waals surface area contributed by atoms with Gasteiger partial charge in [-0.3, -0.25) is 4.79 Å². The number of benzene rings is 3. The zero-order valence-electron chi connectivity index (χ0n) is 14.8. The Balaban J connectivity index is 1.80. The SMILES string of the molecule is Cc1ccc(C(=O)/C=C2\Nc3ccccc3SC2(O)c2ccccc2)cc1. The topological polar surface area (TPSA) is 49.3 Å². The lowest BCUT2D eigenvalue weighted by Crippen LogP contribution is -2.32. The third-order valence-corrected chi connectivity index (χ3v) is 5.88. The van der Waals surface area contributed by atoms with E-state index in [0.717, 1.165) is 21.7 Å². The molecule has 0 aromatic heterocycles. The first-order chi connectivity index (χ1) is 13.1. The minimum Gasteiger partial charge on any atom is -0.370 e. The van der Waals surface area contributed by atoms with E-state index in [9.17, 15) is 9.90 Å². The number of carbonyl (C=O) groups is 1. The molecule has 3 aromatic carbocycles. The first kappa shape index (κ1) is 17.6. The van der Waals surface area contributed by atoms with Gasteiger partial charge in [-0.05, 0) is 19.1 Å². The number of hydrogen-bond donors (Lipinski definition) is 2. The summed E-state index contributed by atoms with van der Waals surface area (Å²) in [5.74, 6) is -0.146. The molecule has 0 aliphatic carbocycles. The molecule has 0 saturated heterocycles. The monoisotopic (exact) mass is 373 g/mol. The van der Waals surface area contributed by atoms with Crippen LogP contribution in [0.25, 0.3) is 0 Å². The van der Waals surface area contributed by atoms with E-state index in [0.29, 0.717) is 11.3 Å². The van der Waals surface area contributed by atoms with Crippen LogP contribution in [0.15, 0.2) is 95.5 Å². The van der Waals surface area contributed by atoms with Gasteiger partial charge in [0, 0.05) is 22.1 Å². The summed E-state index contributed by atoms with van der Waals surface area (Å²) in [7, 11) is 0. The third-order valence-electron chi connectivity index (χ3n) is 4.56. The number of thioether (sulfide) groups is 1. The van der Waals surface area contributed by atoms with Gasteiger partial charge < -0.3 is 10.4 Å². The number of anilines is 1. The van der Waals surface area contributed by atoms with Crippen molar-refractivity contribution >= 4 is 23.2 Å². The fraction of sp³-hybridized carbons (Fsp3) is 0.0870. The maximum atomic E-state index is 12.8. The Bertz CT molecular complexity index is 1010. The number of nitrogens with one attached hydrogen (secondary N) is 1. The van der Waals surface area contributed by atoms with Gasteiger partial charge in [-0.15, -0.1) is 0 Å². The van der Waals surface area contributed by atoms with Crippen molar-refractivity contribution in [1.29, 1.82) is 0 Å². The van der Waals surface area contributed by atoms with Gasteiger partial charge in [0.1, 0.15) is 0 Å². The normalized spacial score (nSPS) is 20.0. The molecule has 1 aliphatic rings. The van der Waals surface area contributed by atoms with Crippen LogP contribution in [0.1, 0.15) is 21.5 Å². The molecule has 0 radical (unpaired) electrons. The van der Waals surface area contributed by atoms with Gasteiger partial charge >= 0.3 is 0 Å². The molecule has 3 aromatic rings. The van der Waals surface area contributed by atoms with Gasteiger partial charge in [0.25, 0.3) is 0 Å². The second-order valence-corrected chi connectivity index (χ2v) is 7.76. The summed E-state index contributed by atoms with van der Waals surface area (Å²) >= 11 is 1.33. The summed E-state index contributed by atoms with van der Waals surface area (Å²) in [4.78, 5) is 12.4. The highest BCUT2D eigenvalue weighted by molar-refractivity contribution is 8.00. The number of aryl methyl sites for hydroxylation is 1. The molecule has 3 nitrogen and oxygen atoms in total. The summed E-state index contributed by atoms with van der Waals surface area (Å²) in [6.45, 7) is 1.98. The van der Waals surface area contributed by atoms with E-state index in [1.807, 2.05) is 73.7 Å². The van der Waals surface area contributed by atoms with Crippen LogP contribution < -0.4 is 5.32 Å². The summed E-state index contributed by atoms with van der Waals surface area (Å²) < 4.78 is 0. The summed E-state index contributed by atoms with van der Waals surface area (Å²) in [6.07, 6.45) is 1.50. The van der Waals surface area contributed by atoms with Gasteiger partial charge in [-0.2, -0.15) is 0 Å². The molecule has 1 atom stereocenters. The van der Waals surface area contributed by atoms with Gasteiger partial charge in [0.05, 0.1) is 11.4 Å². The van der Waals surface area contributed by atoms with Crippen molar-refractivity contribution < 1.29 is 9.90 Å². The molecule has 2 N–H and O–H groups in total. The number of para-hydroxylation sites is 1. The molecule has 0 spiro atoms. The number of allylic oxidation sites excluding steroid dienone is 1. The van der Waals surface area contributed by atoms with E-state index in [-0.39, 0.29) is 5.78 Å². The number of rotatable bonds is 3. The number of carbonyl (C=O) groups excluding carboxylic acids is 1. The first-order valence-electron chi connectivity index (χ1n) is 8.72. The van der Waals surface area contributed by atoms with Crippen molar-refractivity contribution in [2.45, 2.75) is 16.8 Å². The fourth-order valence-electron chi connectivity index (χ4n) is 3.05. The minimum atomic E-state index is -1.37. The number of ketones is 1. The Kier molecular flexibility index (Phi) is 4.60. The van der Waals surface area contributed by atoms with Crippen molar-refractivity contribution in [1.82, 2.24) is 0 Å². The molecule has 1 aliphatic heterocycles. The molecular formula is C23H19NO2S. The van der Waals surface area contributed by atoms with E-state index in [2.05, 4.69) is 5.32 Å². The molecule has 1 heterocycles. The highest BCUT2D eigenvalue weighted by atomic mass is 32.2. The van der Waals surface area contributed by atoms with Gasteiger partial charge in [-0.1, -0.05) is 84.1 Å². The van der Waals surface area contributed by atoms with Crippen LogP contribution in [0.3, 0.4) is 0 Å². The van der Waals surface area contributed by atoms with Crippen LogP contribution in [-0.4, -0.2) is 10.9 Å². The Morgan fingerprint density at radius 3 is 2.37 bits per heavy atom. The smallest absolute Gasteiger partial charge is 0.187 e. The van der Waals surface area contributed by atoms with Crippen molar-refractivity contribution in [3.05, 3.63) is 107 Å². The molecule has 4 rings (SSSR count). The highest BCUT2D eigenvalue weighted by Gasteiger charge is 2.40. The third kappa shape index (κ3) is 3.42. The van der Waals surface area contributed by atoms with Gasteiger partial charge in [0.15, 0.2) is 10.7 Å². The molecule has 0 amide bonds. The molecular weight excluding hydrogens is 354 g/mol. The van der Waals surface area contributed by atoms with Crippen molar-refractivity contribution in [2.75, 3.05) is 5.32 Å². The predicted molar refractivity (Wildman–Crippen MR) is 110 cm³/mol. The van der Waals surface area contributed by atoms with E-state index >= 15 is 0 Å². The average Bonchev–Trinajstić information content (AvgIpc) is 2.69. The lowest BCUT2D eigenvalue weighted by molar-refractivity contribution is 0.104. The summed E-state index contributed by atoms with van der Waals surface area (Å²) in [5.41, 5.74) is 3.75. The van der Waals surface area contributed by atoms with E-state index < -0.39 is 4.93 Å². The number of aliphatic hydroxyl groups is 1. The first-order valence-corrected chi connectivity index (χ1v) is 9.54. The lowest BCUT2D eigenvalue weighted by atomic mass is 10.0. The summed E-state index contributed by atoms with van der Waals surface area (Å²) in [5, 5.41) is 14.8. The molecule has 134 valence electrons. The number of fused-ring (bicyclic) bond motifs is 1. The predicted octanol–water partition coefficient (Wildman–Crippen LogP) is 5.12. The maximum absolute atomic E-state index is 12.8. The van der Waals surface area contributed by atoms with E-state index in [4.69, 9.17) is 0 Å². The van der Waals surface area contributed by atoms with Crippen LogP contribution in [-0.2, 0) is 4.93 Å². The van der Waals surface area contributed by atoms with Crippen LogP contribution in [0.5, 0.6) is 0 Å². The Morgan fingerprint density at radius 2 is 1.63 bits per heavy atom. The van der Waals surface area contributed by atoms with Crippen molar-refractivity contribution in [2.24, 2.45) is 0 Å². The lowest BCUT2D eigenvalue weighted by Gasteiger charge is -2.36. The van der Waals surface area contributed by atoms with Crippen LogP contribution in [0.2, 0.25) is 0 Å². The van der Waals surface area contributed by atoms with Gasteiger partial charge in [0.2, 0.25) is 0 Å². The standard InChI is InChI=1S/C23H19NO2S/c1-16-11-13-17(14-12-16)20(25)15-22-23(26,18-7-3-2-4-8-18)27-21-10-6-5-9-19(21)24-22/h2-15,24,26H,1H3/b22-15-. The van der Waals surface area contributed by atoms with Crippen molar-refractivity contribution in [3.63, 3.8) is 0 Å². The zero-order chi connectivity index (χ0) is 18.9. The fourth-order valence-corrected chi connectivity index (χ4v) is 4.22. The van der Waals surface area contributed by atoms with Crippen LogP contribution in [0.4, 0.5) is 5.69 Å². The Labute approximate surface area is 162 Å². The van der Waals surface area contributed by atoms with E-state index in [1.165, 1.54) is 17.8 Å². The zero-order valence-corrected chi connectivity index (χ0v) is 15.7. The second kappa shape index (κ2) is 7.06. The maximum Gasteiger partial charge on any atom is 0.187 e. The molecule has 4 heteroatoms. The second-order valence-electron chi connectivity index (χ2n) is 6.52. The number of hydrogen-bond acceptors (Lipinski definition) is 4. The largest absolute Gasteiger partial charge is 0.370 e. The minimum absolute atomic E-state index is 0.146. The van der Waals surface area contributed by atoms with Crippen LogP contribution in [0, 0.1) is 6.92 Å². The molecule has 27 heavy (non-hydrogen) atoms. The molecule has 0 saturated carbocycles. The highest BCUT2D eigenvalue weighted by Crippen LogP contribution is 2.51. The van der Waals surface area contributed by atoms with Gasteiger partial charge in [-0.25, -0.2) is 0 Å². The van der Waals surface area contributed by atoms with E-state index in [1.54, 1.807) is 12.1 Å². The molecule has 0 bridgehead atoms. The quantitative estimate of drug-likeness (QED) is 0.494. The average molecular weight is 373 g/mol.